The molecule has 0 aliphatic carbocycles. The molecule has 0 saturated carbocycles. The molecule has 0 aromatic carbocycles. The molecule has 0 amide bonds. The molecular weight excluding hydrogens is 154 g/mol. The summed E-state index contributed by atoms with van der Waals surface area (Å²) in [7, 11) is 0. The smallest absolute Gasteiger partial charge is 0.253 e. The van der Waals surface area contributed by atoms with Crippen molar-refractivity contribution in [1.29, 1.82) is 0 Å². The van der Waals surface area contributed by atoms with Crippen LogP contribution < -0.4 is 11.3 Å². The maximum absolute atomic E-state index is 11.3. The number of fused-ring (bicyclic) bond motifs is 1. The normalized spacial score (nSPS) is 21.9. The van der Waals surface area contributed by atoms with E-state index in [2.05, 4.69) is 4.98 Å². The third-order valence-corrected chi connectivity index (χ3v) is 2.17. The monoisotopic (exact) mass is 165 g/mol. The van der Waals surface area contributed by atoms with E-state index in [9.17, 15) is 4.79 Å². The lowest BCUT2D eigenvalue weighted by atomic mass is 10.1. The molecule has 1 aliphatic heterocycles. The summed E-state index contributed by atoms with van der Waals surface area (Å²) in [4.78, 5) is 15.4. The van der Waals surface area contributed by atoms with E-state index in [1.54, 1.807) is 10.8 Å². The number of rotatable bonds is 0. The second-order valence-corrected chi connectivity index (χ2v) is 3.11. The molecule has 1 aromatic heterocycles. The average molecular weight is 165 g/mol. The van der Waals surface area contributed by atoms with Gasteiger partial charge in [-0.25, -0.2) is 4.98 Å². The van der Waals surface area contributed by atoms with Crippen molar-refractivity contribution in [3.05, 3.63) is 28.4 Å². The van der Waals surface area contributed by atoms with Crippen LogP contribution in [-0.2, 0) is 13.0 Å². The van der Waals surface area contributed by atoms with Crippen molar-refractivity contribution < 1.29 is 0 Å². The summed E-state index contributed by atoms with van der Waals surface area (Å²) >= 11 is 0. The number of nitrogens with two attached hydrogens (primary N) is 1. The minimum absolute atomic E-state index is 0.00940. The highest BCUT2D eigenvalue weighted by Crippen LogP contribution is 2.07. The van der Waals surface area contributed by atoms with Crippen LogP contribution in [0.4, 0.5) is 0 Å². The molecule has 1 aromatic rings. The SMILES string of the molecule is NC1CCc2nccc(=O)n2C1. The Morgan fingerprint density at radius 3 is 3.33 bits per heavy atom. The van der Waals surface area contributed by atoms with Crippen molar-refractivity contribution in [1.82, 2.24) is 9.55 Å². The molecule has 2 N–H and O–H groups in total. The van der Waals surface area contributed by atoms with Crippen LogP contribution in [0.3, 0.4) is 0 Å². The summed E-state index contributed by atoms with van der Waals surface area (Å²) < 4.78 is 1.66. The van der Waals surface area contributed by atoms with Crippen LogP contribution in [0.15, 0.2) is 17.1 Å². The third kappa shape index (κ3) is 1.14. The molecule has 0 saturated heterocycles. The molecule has 64 valence electrons. The Kier molecular flexibility index (Phi) is 1.69. The molecule has 0 radical (unpaired) electrons. The van der Waals surface area contributed by atoms with Gasteiger partial charge >= 0.3 is 0 Å². The molecule has 1 atom stereocenters. The number of hydrogen-bond donors (Lipinski definition) is 1. The Morgan fingerprint density at radius 1 is 1.67 bits per heavy atom. The van der Waals surface area contributed by atoms with Crippen molar-refractivity contribution in [2.24, 2.45) is 5.73 Å². The average Bonchev–Trinajstić information content (AvgIpc) is 2.07. The van der Waals surface area contributed by atoms with Gasteiger partial charge in [0.25, 0.3) is 5.56 Å². The third-order valence-electron chi connectivity index (χ3n) is 2.17. The van der Waals surface area contributed by atoms with Gasteiger partial charge in [0, 0.05) is 31.3 Å². The Bertz CT molecular complexity index is 344. The molecule has 1 aliphatic rings. The molecule has 2 heterocycles. The number of hydrogen-bond acceptors (Lipinski definition) is 3. The predicted molar refractivity (Wildman–Crippen MR) is 44.8 cm³/mol. The van der Waals surface area contributed by atoms with Crippen LogP contribution in [0.5, 0.6) is 0 Å². The van der Waals surface area contributed by atoms with E-state index in [-0.39, 0.29) is 11.6 Å². The van der Waals surface area contributed by atoms with Gasteiger partial charge in [0.05, 0.1) is 0 Å². The minimum atomic E-state index is 0.00940. The molecule has 2 rings (SSSR count). The van der Waals surface area contributed by atoms with Crippen LogP contribution in [0.2, 0.25) is 0 Å². The summed E-state index contributed by atoms with van der Waals surface area (Å²) in [5.74, 6) is 0.865. The molecule has 12 heavy (non-hydrogen) atoms. The first kappa shape index (κ1) is 7.49. The van der Waals surface area contributed by atoms with Crippen LogP contribution in [0.1, 0.15) is 12.2 Å². The number of aryl methyl sites for hydroxylation is 1. The van der Waals surface area contributed by atoms with E-state index in [1.807, 2.05) is 0 Å². The van der Waals surface area contributed by atoms with E-state index in [1.165, 1.54) is 6.07 Å². The quantitative estimate of drug-likeness (QED) is 0.564. The largest absolute Gasteiger partial charge is 0.326 e. The summed E-state index contributed by atoms with van der Waals surface area (Å²) in [6, 6.07) is 1.58. The van der Waals surface area contributed by atoms with Gasteiger partial charge in [-0.3, -0.25) is 9.36 Å². The van der Waals surface area contributed by atoms with Crippen LogP contribution >= 0.6 is 0 Å². The van der Waals surface area contributed by atoms with Crippen molar-refractivity contribution in [3.63, 3.8) is 0 Å². The molecule has 0 bridgehead atoms. The second-order valence-electron chi connectivity index (χ2n) is 3.11. The fourth-order valence-corrected chi connectivity index (χ4v) is 1.51. The Balaban J connectivity index is 2.50. The van der Waals surface area contributed by atoms with Crippen molar-refractivity contribution in [2.45, 2.75) is 25.4 Å². The van der Waals surface area contributed by atoms with E-state index in [0.29, 0.717) is 6.54 Å². The maximum Gasteiger partial charge on any atom is 0.253 e. The summed E-state index contributed by atoms with van der Waals surface area (Å²) in [6.07, 6.45) is 3.30. The first-order chi connectivity index (χ1) is 5.77. The van der Waals surface area contributed by atoms with Gasteiger partial charge in [0.15, 0.2) is 0 Å². The van der Waals surface area contributed by atoms with Gasteiger partial charge in [0.1, 0.15) is 5.82 Å². The van der Waals surface area contributed by atoms with Gasteiger partial charge < -0.3 is 5.73 Å². The van der Waals surface area contributed by atoms with E-state index in [0.717, 1.165) is 18.7 Å². The zero-order chi connectivity index (χ0) is 8.55. The molecular formula is C8H11N3O. The van der Waals surface area contributed by atoms with Crippen molar-refractivity contribution in [2.75, 3.05) is 0 Å². The lowest BCUT2D eigenvalue weighted by molar-refractivity contribution is 0.434. The standard InChI is InChI=1S/C8H11N3O/c9-6-1-2-7-10-4-3-8(12)11(7)5-6/h3-4,6H,1-2,5,9H2. The topological polar surface area (TPSA) is 60.9 Å². The zero-order valence-electron chi connectivity index (χ0n) is 6.73. The highest BCUT2D eigenvalue weighted by molar-refractivity contribution is 4.98. The molecule has 0 fully saturated rings. The van der Waals surface area contributed by atoms with Crippen LogP contribution in [-0.4, -0.2) is 15.6 Å². The first-order valence-electron chi connectivity index (χ1n) is 4.07. The van der Waals surface area contributed by atoms with Gasteiger partial charge in [-0.2, -0.15) is 0 Å². The Morgan fingerprint density at radius 2 is 2.50 bits per heavy atom. The lowest BCUT2D eigenvalue weighted by Crippen LogP contribution is -2.38. The van der Waals surface area contributed by atoms with E-state index >= 15 is 0 Å². The maximum atomic E-state index is 11.3. The predicted octanol–water partition coefficient (Wildman–Crippen LogP) is -0.483. The summed E-state index contributed by atoms with van der Waals surface area (Å²) in [6.45, 7) is 0.613. The molecule has 4 nitrogen and oxygen atoms in total. The number of aromatic nitrogens is 2. The molecule has 4 heteroatoms. The fourth-order valence-electron chi connectivity index (χ4n) is 1.51. The molecule has 1 unspecified atom stereocenters. The van der Waals surface area contributed by atoms with Gasteiger partial charge in [-0.15, -0.1) is 0 Å². The van der Waals surface area contributed by atoms with Crippen molar-refractivity contribution in [3.8, 4) is 0 Å². The number of nitrogens with zero attached hydrogens (tertiary/aromatic N) is 2. The van der Waals surface area contributed by atoms with Gasteiger partial charge in [-0.05, 0) is 6.42 Å². The van der Waals surface area contributed by atoms with Gasteiger partial charge in [0.2, 0.25) is 0 Å². The van der Waals surface area contributed by atoms with E-state index < -0.39 is 0 Å². The lowest BCUT2D eigenvalue weighted by Gasteiger charge is -2.21. The summed E-state index contributed by atoms with van der Waals surface area (Å²) in [5.41, 5.74) is 5.74. The minimum Gasteiger partial charge on any atom is -0.326 e. The zero-order valence-corrected chi connectivity index (χ0v) is 6.73. The summed E-state index contributed by atoms with van der Waals surface area (Å²) in [5, 5.41) is 0. The van der Waals surface area contributed by atoms with E-state index in [4.69, 9.17) is 5.73 Å². The van der Waals surface area contributed by atoms with Crippen LogP contribution in [0, 0.1) is 0 Å². The first-order valence-corrected chi connectivity index (χ1v) is 4.07. The molecule has 0 spiro atoms. The highest BCUT2D eigenvalue weighted by Gasteiger charge is 2.15. The van der Waals surface area contributed by atoms with Gasteiger partial charge in [-0.1, -0.05) is 0 Å². The fraction of sp³-hybridized carbons (Fsp3) is 0.500. The second kappa shape index (κ2) is 2.71. The Labute approximate surface area is 70.0 Å². The highest BCUT2D eigenvalue weighted by atomic mass is 16.1. The Hall–Kier alpha value is -1.16. The van der Waals surface area contributed by atoms with Crippen molar-refractivity contribution >= 4 is 0 Å². The van der Waals surface area contributed by atoms with Crippen LogP contribution in [0.25, 0.3) is 0 Å².